The van der Waals surface area contributed by atoms with Crippen LogP contribution in [0.4, 0.5) is 4.39 Å². The third-order valence-corrected chi connectivity index (χ3v) is 3.43. The van der Waals surface area contributed by atoms with Crippen molar-refractivity contribution in [2.45, 2.75) is 19.3 Å². The molecule has 0 bridgehead atoms. The molecule has 0 aliphatic carbocycles. The maximum Gasteiger partial charge on any atom is 0.128 e. The maximum atomic E-state index is 13.4. The van der Waals surface area contributed by atoms with E-state index in [-0.39, 0.29) is 11.7 Å². The van der Waals surface area contributed by atoms with Gasteiger partial charge in [-0.05, 0) is 38.1 Å². The Morgan fingerprint density at radius 3 is 2.75 bits per heavy atom. The van der Waals surface area contributed by atoms with E-state index in [1.165, 1.54) is 31.4 Å². The number of rotatable bonds is 4. The SMILES string of the molecule is Fc1cc(C#CCCl)cc(OCCN2CCCCC2)c1. The first kappa shape index (κ1) is 15.2. The summed E-state index contributed by atoms with van der Waals surface area (Å²) >= 11 is 5.50. The normalized spacial score (nSPS) is 15.5. The zero-order chi connectivity index (χ0) is 14.2. The molecule has 0 atom stereocenters. The minimum absolute atomic E-state index is 0.238. The molecular formula is C16H19ClFNO. The average Bonchev–Trinajstić information content (AvgIpc) is 2.46. The van der Waals surface area contributed by atoms with Gasteiger partial charge in [0.2, 0.25) is 0 Å². The second-order valence-electron chi connectivity index (χ2n) is 4.86. The van der Waals surface area contributed by atoms with E-state index in [9.17, 15) is 4.39 Å². The van der Waals surface area contributed by atoms with Crippen LogP contribution in [0.25, 0.3) is 0 Å². The Kier molecular flexibility index (Phi) is 6.17. The fourth-order valence-corrected chi connectivity index (χ4v) is 2.40. The highest BCUT2D eigenvalue weighted by Crippen LogP contribution is 2.16. The number of hydrogen-bond donors (Lipinski definition) is 0. The zero-order valence-electron chi connectivity index (χ0n) is 11.5. The van der Waals surface area contributed by atoms with Crippen molar-refractivity contribution in [3.8, 4) is 17.6 Å². The number of nitrogens with zero attached hydrogens (tertiary/aromatic N) is 1. The number of alkyl halides is 1. The van der Waals surface area contributed by atoms with Gasteiger partial charge in [0.05, 0.1) is 5.88 Å². The van der Waals surface area contributed by atoms with Crippen LogP contribution in [0.3, 0.4) is 0 Å². The molecule has 1 heterocycles. The Balaban J connectivity index is 1.86. The lowest BCUT2D eigenvalue weighted by molar-refractivity contribution is 0.183. The summed E-state index contributed by atoms with van der Waals surface area (Å²) in [4.78, 5) is 2.39. The molecule has 1 aromatic rings. The molecule has 20 heavy (non-hydrogen) atoms. The van der Waals surface area contributed by atoms with Crippen molar-refractivity contribution in [3.63, 3.8) is 0 Å². The summed E-state index contributed by atoms with van der Waals surface area (Å²) in [5.74, 6) is 5.95. The Hall–Kier alpha value is -1.24. The maximum absolute atomic E-state index is 13.4. The van der Waals surface area contributed by atoms with E-state index in [0.717, 1.165) is 19.6 Å². The number of likely N-dealkylation sites (tertiary alicyclic amines) is 1. The van der Waals surface area contributed by atoms with Gasteiger partial charge in [-0.3, -0.25) is 4.90 Å². The largest absolute Gasteiger partial charge is 0.492 e. The van der Waals surface area contributed by atoms with Crippen molar-refractivity contribution in [1.29, 1.82) is 0 Å². The molecule has 0 radical (unpaired) electrons. The van der Waals surface area contributed by atoms with Crippen molar-refractivity contribution in [2.75, 3.05) is 32.1 Å². The second-order valence-corrected chi connectivity index (χ2v) is 5.13. The fraction of sp³-hybridized carbons (Fsp3) is 0.500. The molecule has 2 nitrogen and oxygen atoms in total. The highest BCUT2D eigenvalue weighted by atomic mass is 35.5. The number of ether oxygens (including phenoxy) is 1. The monoisotopic (exact) mass is 295 g/mol. The Morgan fingerprint density at radius 1 is 1.20 bits per heavy atom. The minimum atomic E-state index is -0.334. The van der Waals surface area contributed by atoms with Crippen molar-refractivity contribution >= 4 is 11.6 Å². The number of hydrogen-bond acceptors (Lipinski definition) is 2. The molecule has 0 aromatic heterocycles. The van der Waals surface area contributed by atoms with E-state index in [4.69, 9.17) is 16.3 Å². The van der Waals surface area contributed by atoms with Gasteiger partial charge in [-0.2, -0.15) is 0 Å². The summed E-state index contributed by atoms with van der Waals surface area (Å²) in [5.41, 5.74) is 0.596. The summed E-state index contributed by atoms with van der Waals surface area (Å²) in [7, 11) is 0. The van der Waals surface area contributed by atoms with E-state index in [0.29, 0.717) is 17.9 Å². The van der Waals surface area contributed by atoms with Crippen LogP contribution in [0, 0.1) is 17.7 Å². The van der Waals surface area contributed by atoms with Crippen LogP contribution in [0.1, 0.15) is 24.8 Å². The average molecular weight is 296 g/mol. The molecule has 4 heteroatoms. The molecular weight excluding hydrogens is 277 g/mol. The van der Waals surface area contributed by atoms with Gasteiger partial charge in [0, 0.05) is 18.2 Å². The van der Waals surface area contributed by atoms with Crippen LogP contribution in [-0.2, 0) is 0 Å². The quantitative estimate of drug-likeness (QED) is 0.624. The van der Waals surface area contributed by atoms with Crippen LogP contribution < -0.4 is 4.74 Å². The predicted molar refractivity (Wildman–Crippen MR) is 79.8 cm³/mol. The van der Waals surface area contributed by atoms with Gasteiger partial charge in [0.15, 0.2) is 0 Å². The standard InChI is InChI=1S/C16H19ClFNO/c17-6-4-5-14-11-15(18)13-16(12-14)20-10-9-19-7-2-1-3-8-19/h11-13H,1-3,6-10H2. The molecule has 0 amide bonds. The van der Waals surface area contributed by atoms with E-state index in [1.807, 2.05) is 0 Å². The van der Waals surface area contributed by atoms with Gasteiger partial charge in [0.1, 0.15) is 18.2 Å². The number of benzene rings is 1. The first-order valence-electron chi connectivity index (χ1n) is 6.98. The van der Waals surface area contributed by atoms with Crippen LogP contribution in [0.5, 0.6) is 5.75 Å². The molecule has 0 unspecified atom stereocenters. The fourth-order valence-electron chi connectivity index (χ4n) is 2.33. The van der Waals surface area contributed by atoms with Gasteiger partial charge in [-0.15, -0.1) is 11.6 Å². The third kappa shape index (κ3) is 5.03. The van der Waals surface area contributed by atoms with Crippen LogP contribution in [0.2, 0.25) is 0 Å². The zero-order valence-corrected chi connectivity index (χ0v) is 12.3. The summed E-state index contributed by atoms with van der Waals surface area (Å²) in [6.45, 7) is 3.74. The summed E-state index contributed by atoms with van der Waals surface area (Å²) in [6, 6.07) is 4.53. The van der Waals surface area contributed by atoms with Gasteiger partial charge < -0.3 is 4.74 Å². The van der Waals surface area contributed by atoms with Gasteiger partial charge in [-0.1, -0.05) is 18.3 Å². The van der Waals surface area contributed by atoms with Crippen LogP contribution >= 0.6 is 11.6 Å². The minimum Gasteiger partial charge on any atom is -0.492 e. The summed E-state index contributed by atoms with van der Waals surface area (Å²) < 4.78 is 19.1. The molecule has 0 saturated carbocycles. The first-order chi connectivity index (χ1) is 9.78. The third-order valence-electron chi connectivity index (χ3n) is 3.30. The van der Waals surface area contributed by atoms with E-state index < -0.39 is 0 Å². The molecule has 108 valence electrons. The number of halogens is 2. The van der Waals surface area contributed by atoms with E-state index in [2.05, 4.69) is 16.7 Å². The highest BCUT2D eigenvalue weighted by molar-refractivity contribution is 6.19. The van der Waals surface area contributed by atoms with Gasteiger partial charge in [0.25, 0.3) is 0 Å². The van der Waals surface area contributed by atoms with Gasteiger partial charge in [-0.25, -0.2) is 4.39 Å². The predicted octanol–water partition coefficient (Wildman–Crippen LogP) is 3.28. The van der Waals surface area contributed by atoms with E-state index in [1.54, 1.807) is 6.07 Å². The Bertz CT molecular complexity index is 489. The van der Waals surface area contributed by atoms with Crippen molar-refractivity contribution < 1.29 is 9.13 Å². The molecule has 1 fully saturated rings. The second kappa shape index (κ2) is 8.14. The van der Waals surface area contributed by atoms with Crippen LogP contribution in [0.15, 0.2) is 18.2 Å². The van der Waals surface area contributed by atoms with Gasteiger partial charge >= 0.3 is 0 Å². The highest BCUT2D eigenvalue weighted by Gasteiger charge is 2.09. The lowest BCUT2D eigenvalue weighted by atomic mass is 10.1. The Labute approximate surface area is 124 Å². The van der Waals surface area contributed by atoms with Crippen LogP contribution in [-0.4, -0.2) is 37.0 Å². The smallest absolute Gasteiger partial charge is 0.128 e. The molecule has 1 aliphatic heterocycles. The first-order valence-corrected chi connectivity index (χ1v) is 7.52. The summed E-state index contributed by atoms with van der Waals surface area (Å²) in [5, 5.41) is 0. The molecule has 1 aromatic carbocycles. The number of piperidine rings is 1. The molecule has 0 N–H and O–H groups in total. The van der Waals surface area contributed by atoms with Crippen molar-refractivity contribution in [1.82, 2.24) is 4.90 Å². The lowest BCUT2D eigenvalue weighted by Gasteiger charge is -2.26. The Morgan fingerprint density at radius 2 is 2.00 bits per heavy atom. The molecule has 2 rings (SSSR count). The lowest BCUT2D eigenvalue weighted by Crippen LogP contribution is -2.33. The molecule has 1 aliphatic rings. The summed E-state index contributed by atoms with van der Waals surface area (Å²) in [6.07, 6.45) is 3.85. The molecule has 0 spiro atoms. The van der Waals surface area contributed by atoms with Crippen molar-refractivity contribution in [3.05, 3.63) is 29.6 Å². The van der Waals surface area contributed by atoms with E-state index >= 15 is 0 Å². The van der Waals surface area contributed by atoms with Crippen molar-refractivity contribution in [2.24, 2.45) is 0 Å². The molecule has 1 saturated heterocycles. The topological polar surface area (TPSA) is 12.5 Å².